The van der Waals surface area contributed by atoms with Gasteiger partial charge in [0.1, 0.15) is 5.82 Å². The fraction of sp³-hybridized carbons (Fsp3) is 0.444. The van der Waals surface area contributed by atoms with Crippen LogP contribution in [0.1, 0.15) is 27.3 Å². The average Bonchev–Trinajstić information content (AvgIpc) is 2.62. The van der Waals surface area contributed by atoms with Crippen LogP contribution in [0.2, 0.25) is 0 Å². The van der Waals surface area contributed by atoms with E-state index in [2.05, 4.69) is 0 Å². The predicted molar refractivity (Wildman–Crippen MR) is 52.1 cm³/mol. The van der Waals surface area contributed by atoms with E-state index >= 15 is 0 Å². The first-order valence-electron chi connectivity index (χ1n) is 4.50. The number of nitrogens with two attached hydrogens (primary N) is 1. The van der Waals surface area contributed by atoms with Gasteiger partial charge < -0.3 is 15.2 Å². The summed E-state index contributed by atoms with van der Waals surface area (Å²) in [5.74, 6) is -1.14. The summed E-state index contributed by atoms with van der Waals surface area (Å²) in [6.45, 7) is 1.07. The quantitative estimate of drug-likeness (QED) is 0.837. The Labute approximate surface area is 89.8 Å². The molecule has 2 heterocycles. The molecule has 0 atom stereocenters. The van der Waals surface area contributed by atoms with Crippen LogP contribution < -0.4 is 5.73 Å². The monoisotopic (exact) mass is 231 g/mol. The number of halogens is 1. The molecule has 1 aliphatic heterocycles. The summed E-state index contributed by atoms with van der Waals surface area (Å²) >= 11 is 0.975. The van der Waals surface area contributed by atoms with E-state index in [1.807, 2.05) is 0 Å². The summed E-state index contributed by atoms with van der Waals surface area (Å²) in [5, 5.41) is 0. The molecule has 15 heavy (non-hydrogen) atoms. The van der Waals surface area contributed by atoms with E-state index in [1.165, 1.54) is 0 Å². The van der Waals surface area contributed by atoms with E-state index in [4.69, 9.17) is 15.2 Å². The van der Waals surface area contributed by atoms with Gasteiger partial charge in [0.2, 0.25) is 0 Å². The summed E-state index contributed by atoms with van der Waals surface area (Å²) in [4.78, 5) is 11.3. The van der Waals surface area contributed by atoms with Crippen molar-refractivity contribution in [3.05, 3.63) is 21.6 Å². The van der Waals surface area contributed by atoms with Gasteiger partial charge in [0.05, 0.1) is 23.0 Å². The number of amides is 1. The van der Waals surface area contributed by atoms with Crippen LogP contribution in [0.4, 0.5) is 4.39 Å². The van der Waals surface area contributed by atoms with Crippen molar-refractivity contribution in [3.63, 3.8) is 0 Å². The number of ether oxygens (including phenoxy) is 2. The summed E-state index contributed by atoms with van der Waals surface area (Å²) < 4.78 is 23.9. The van der Waals surface area contributed by atoms with Crippen LogP contribution in [0.25, 0.3) is 0 Å². The standard InChI is InChI=1S/C9H10FNO3S/c10-5-4-6(8(11)12)15-7(5)9-13-2-1-3-14-9/h4,9H,1-3H2,(H2,11,12). The lowest BCUT2D eigenvalue weighted by Crippen LogP contribution is -2.17. The van der Waals surface area contributed by atoms with Gasteiger partial charge in [-0.2, -0.15) is 0 Å². The molecule has 0 aliphatic carbocycles. The first-order chi connectivity index (χ1) is 7.18. The molecule has 1 aromatic heterocycles. The van der Waals surface area contributed by atoms with Crippen LogP contribution >= 0.6 is 11.3 Å². The Morgan fingerprint density at radius 3 is 2.73 bits per heavy atom. The van der Waals surface area contributed by atoms with Crippen LogP contribution in [-0.4, -0.2) is 19.1 Å². The highest BCUT2D eigenvalue weighted by Gasteiger charge is 2.24. The third kappa shape index (κ3) is 2.17. The molecule has 1 aliphatic rings. The number of primary amides is 1. The molecule has 0 bridgehead atoms. The minimum atomic E-state index is -0.697. The van der Waals surface area contributed by atoms with Crippen molar-refractivity contribution in [2.24, 2.45) is 5.73 Å². The van der Waals surface area contributed by atoms with Gasteiger partial charge in [-0.1, -0.05) is 0 Å². The molecule has 2 rings (SSSR count). The molecule has 4 nitrogen and oxygen atoms in total. The maximum Gasteiger partial charge on any atom is 0.258 e. The topological polar surface area (TPSA) is 61.6 Å². The number of thiophene rings is 1. The Hall–Kier alpha value is -0.980. The number of hydrogen-bond donors (Lipinski definition) is 1. The molecule has 0 spiro atoms. The second-order valence-corrected chi connectivity index (χ2v) is 4.20. The second-order valence-electron chi connectivity index (χ2n) is 3.11. The van der Waals surface area contributed by atoms with E-state index in [0.717, 1.165) is 23.8 Å². The van der Waals surface area contributed by atoms with Gasteiger partial charge in [-0.3, -0.25) is 4.79 Å². The van der Waals surface area contributed by atoms with Crippen molar-refractivity contribution in [2.75, 3.05) is 13.2 Å². The molecule has 0 saturated carbocycles. The largest absolute Gasteiger partial charge is 0.365 e. The molecule has 1 aromatic rings. The van der Waals surface area contributed by atoms with Crippen LogP contribution in [0, 0.1) is 5.82 Å². The second kappa shape index (κ2) is 4.26. The van der Waals surface area contributed by atoms with E-state index in [-0.39, 0.29) is 9.75 Å². The highest BCUT2D eigenvalue weighted by atomic mass is 32.1. The van der Waals surface area contributed by atoms with Gasteiger partial charge in [0.25, 0.3) is 5.91 Å². The Kier molecular flexibility index (Phi) is 2.99. The lowest BCUT2D eigenvalue weighted by Gasteiger charge is -2.21. The fourth-order valence-electron chi connectivity index (χ4n) is 1.30. The summed E-state index contributed by atoms with van der Waals surface area (Å²) in [6.07, 6.45) is 0.100. The zero-order valence-corrected chi connectivity index (χ0v) is 8.68. The van der Waals surface area contributed by atoms with E-state index in [1.54, 1.807) is 0 Å². The molecule has 6 heteroatoms. The van der Waals surface area contributed by atoms with Gasteiger partial charge in [0, 0.05) is 0 Å². The highest BCUT2D eigenvalue weighted by molar-refractivity contribution is 7.14. The molecule has 0 radical (unpaired) electrons. The summed E-state index contributed by atoms with van der Waals surface area (Å²) in [6, 6.07) is 1.11. The van der Waals surface area contributed by atoms with Crippen LogP contribution in [0.15, 0.2) is 6.07 Å². The fourth-order valence-corrected chi connectivity index (χ4v) is 2.19. The summed E-state index contributed by atoms with van der Waals surface area (Å²) in [7, 11) is 0. The van der Waals surface area contributed by atoms with Gasteiger partial charge >= 0.3 is 0 Å². The minimum Gasteiger partial charge on any atom is -0.365 e. The van der Waals surface area contributed by atoms with E-state index in [9.17, 15) is 9.18 Å². The lowest BCUT2D eigenvalue weighted by molar-refractivity contribution is -0.182. The molecule has 0 aromatic carbocycles. The zero-order valence-electron chi connectivity index (χ0n) is 7.86. The number of hydrogen-bond acceptors (Lipinski definition) is 4. The van der Waals surface area contributed by atoms with E-state index in [0.29, 0.717) is 13.2 Å². The van der Waals surface area contributed by atoms with Crippen LogP contribution in [0.3, 0.4) is 0 Å². The molecule has 2 N–H and O–H groups in total. The van der Waals surface area contributed by atoms with Crippen molar-refractivity contribution in [2.45, 2.75) is 12.7 Å². The van der Waals surface area contributed by atoms with Crippen LogP contribution in [0.5, 0.6) is 0 Å². The molecule has 1 fully saturated rings. The number of carbonyl (C=O) groups excluding carboxylic acids is 1. The van der Waals surface area contributed by atoms with Crippen molar-refractivity contribution in [1.29, 1.82) is 0 Å². The van der Waals surface area contributed by atoms with Crippen molar-refractivity contribution in [3.8, 4) is 0 Å². The maximum atomic E-state index is 13.4. The van der Waals surface area contributed by atoms with E-state index < -0.39 is 18.0 Å². The third-order valence-electron chi connectivity index (χ3n) is 2.00. The Morgan fingerprint density at radius 2 is 2.20 bits per heavy atom. The minimum absolute atomic E-state index is 0.181. The zero-order chi connectivity index (χ0) is 10.8. The van der Waals surface area contributed by atoms with Crippen molar-refractivity contribution < 1.29 is 18.7 Å². The average molecular weight is 231 g/mol. The first-order valence-corrected chi connectivity index (χ1v) is 5.32. The predicted octanol–water partition coefficient (Wildman–Crippen LogP) is 1.42. The Morgan fingerprint density at radius 1 is 1.53 bits per heavy atom. The molecular weight excluding hydrogens is 221 g/mol. The number of carbonyl (C=O) groups is 1. The smallest absolute Gasteiger partial charge is 0.258 e. The highest BCUT2D eigenvalue weighted by Crippen LogP contribution is 2.31. The van der Waals surface area contributed by atoms with Gasteiger partial charge in [-0.05, 0) is 12.5 Å². The lowest BCUT2D eigenvalue weighted by atomic mass is 10.3. The van der Waals surface area contributed by atoms with Crippen molar-refractivity contribution in [1.82, 2.24) is 0 Å². The van der Waals surface area contributed by atoms with Gasteiger partial charge in [-0.15, -0.1) is 11.3 Å². The van der Waals surface area contributed by atoms with Gasteiger partial charge in [-0.25, -0.2) is 4.39 Å². The molecular formula is C9H10FNO3S. The van der Waals surface area contributed by atoms with Crippen LogP contribution in [-0.2, 0) is 9.47 Å². The van der Waals surface area contributed by atoms with Crippen molar-refractivity contribution >= 4 is 17.2 Å². The third-order valence-corrected chi connectivity index (χ3v) is 3.14. The molecule has 1 amide bonds. The first kappa shape index (κ1) is 10.5. The number of rotatable bonds is 2. The Balaban J connectivity index is 2.22. The molecule has 1 saturated heterocycles. The van der Waals surface area contributed by atoms with Gasteiger partial charge in [0.15, 0.2) is 6.29 Å². The molecule has 82 valence electrons. The summed E-state index contributed by atoms with van der Waals surface area (Å²) in [5.41, 5.74) is 5.05. The SMILES string of the molecule is NC(=O)c1cc(F)c(C2OCCCO2)s1. The molecule has 0 unspecified atom stereocenters. The normalized spacial score (nSPS) is 17.9. The Bertz CT molecular complexity index is 373. The maximum absolute atomic E-state index is 13.4.